The zero-order chi connectivity index (χ0) is 20.7. The molecule has 0 spiro atoms. The van der Waals surface area contributed by atoms with E-state index < -0.39 is 10.0 Å². The molecular weight excluding hydrogens is 412 g/mol. The van der Waals surface area contributed by atoms with Gasteiger partial charge in [0.05, 0.1) is 18.2 Å². The van der Waals surface area contributed by atoms with Crippen LogP contribution in [-0.4, -0.2) is 21.7 Å². The van der Waals surface area contributed by atoms with E-state index in [1.165, 1.54) is 18.3 Å². The minimum absolute atomic E-state index is 0.141. The Morgan fingerprint density at radius 2 is 1.83 bits per heavy atom. The van der Waals surface area contributed by atoms with Gasteiger partial charge in [-0.3, -0.25) is 0 Å². The molecule has 0 aliphatic rings. The molecule has 0 saturated carbocycles. The quantitative estimate of drug-likeness (QED) is 0.428. The van der Waals surface area contributed by atoms with Crippen molar-refractivity contribution >= 4 is 27.8 Å². The maximum Gasteiger partial charge on any atom is 0.276 e. The average Bonchev–Trinajstić information content (AvgIpc) is 2.73. The molecule has 0 aliphatic heterocycles. The molecule has 0 radical (unpaired) electrons. The summed E-state index contributed by atoms with van der Waals surface area (Å²) in [4.78, 5) is 2.34. The molecule has 0 bridgehead atoms. The molecule has 3 aromatic carbocycles. The summed E-state index contributed by atoms with van der Waals surface area (Å²) in [5.74, 6) is 1.28. The minimum atomic E-state index is -3.71. The molecule has 0 fully saturated rings. The fourth-order valence-electron chi connectivity index (χ4n) is 2.53. The molecule has 0 amide bonds. The highest BCUT2D eigenvalue weighted by atomic mass is 35.5. The van der Waals surface area contributed by atoms with E-state index in [2.05, 4.69) is 9.93 Å². The zero-order valence-corrected chi connectivity index (χ0v) is 17.2. The first kappa shape index (κ1) is 20.7. The minimum Gasteiger partial charge on any atom is -0.496 e. The highest BCUT2D eigenvalue weighted by molar-refractivity contribution is 7.89. The number of hydrazone groups is 1. The summed E-state index contributed by atoms with van der Waals surface area (Å²) in [6.45, 7) is 0.251. The Morgan fingerprint density at radius 1 is 1.03 bits per heavy atom. The number of rotatable bonds is 8. The molecule has 29 heavy (non-hydrogen) atoms. The molecule has 0 aromatic heterocycles. The van der Waals surface area contributed by atoms with Gasteiger partial charge in [0.1, 0.15) is 18.1 Å². The fourth-order valence-corrected chi connectivity index (χ4v) is 3.52. The molecule has 6 nitrogen and oxygen atoms in total. The van der Waals surface area contributed by atoms with E-state index in [0.717, 1.165) is 5.56 Å². The van der Waals surface area contributed by atoms with Crippen LogP contribution in [0.2, 0.25) is 5.02 Å². The number of hydrogen-bond acceptors (Lipinski definition) is 5. The third kappa shape index (κ3) is 5.73. The van der Waals surface area contributed by atoms with Crippen molar-refractivity contribution in [2.24, 2.45) is 5.10 Å². The molecule has 3 rings (SSSR count). The van der Waals surface area contributed by atoms with E-state index >= 15 is 0 Å². The number of benzene rings is 3. The van der Waals surface area contributed by atoms with Crippen molar-refractivity contribution in [1.82, 2.24) is 4.83 Å². The van der Waals surface area contributed by atoms with Gasteiger partial charge >= 0.3 is 0 Å². The lowest BCUT2D eigenvalue weighted by Gasteiger charge is -2.11. The first-order valence-corrected chi connectivity index (χ1v) is 10.5. The zero-order valence-electron chi connectivity index (χ0n) is 15.6. The first-order valence-electron chi connectivity index (χ1n) is 8.63. The second-order valence-corrected chi connectivity index (χ2v) is 8.08. The van der Waals surface area contributed by atoms with Crippen LogP contribution in [-0.2, 0) is 16.6 Å². The Hall–Kier alpha value is -3.03. The van der Waals surface area contributed by atoms with E-state index in [4.69, 9.17) is 21.1 Å². The topological polar surface area (TPSA) is 77.0 Å². The SMILES string of the molecule is COc1ccc(C=NNS(=O)(=O)c2ccccc2)cc1COc1cccc(Cl)c1. The van der Waals surface area contributed by atoms with E-state index in [1.54, 1.807) is 55.6 Å². The van der Waals surface area contributed by atoms with E-state index in [1.807, 2.05) is 12.1 Å². The second-order valence-electron chi connectivity index (χ2n) is 5.98. The molecule has 0 aliphatic carbocycles. The first-order chi connectivity index (χ1) is 14.0. The van der Waals surface area contributed by atoms with Crippen LogP contribution in [0, 0.1) is 0 Å². The molecule has 0 unspecified atom stereocenters. The Morgan fingerprint density at radius 3 is 2.55 bits per heavy atom. The molecule has 1 N–H and O–H groups in total. The Bertz CT molecular complexity index is 1100. The van der Waals surface area contributed by atoms with Crippen LogP contribution >= 0.6 is 11.6 Å². The van der Waals surface area contributed by atoms with Crippen LogP contribution in [0.4, 0.5) is 0 Å². The van der Waals surface area contributed by atoms with Gasteiger partial charge in [-0.2, -0.15) is 13.5 Å². The highest BCUT2D eigenvalue weighted by Gasteiger charge is 2.11. The molecule has 8 heteroatoms. The van der Waals surface area contributed by atoms with Crippen molar-refractivity contribution < 1.29 is 17.9 Å². The smallest absolute Gasteiger partial charge is 0.276 e. The third-order valence-electron chi connectivity index (χ3n) is 3.93. The van der Waals surface area contributed by atoms with Crippen molar-refractivity contribution in [1.29, 1.82) is 0 Å². The van der Waals surface area contributed by atoms with E-state index in [9.17, 15) is 8.42 Å². The average molecular weight is 431 g/mol. The lowest BCUT2D eigenvalue weighted by atomic mass is 10.1. The van der Waals surface area contributed by atoms with Gasteiger partial charge in [-0.25, -0.2) is 4.83 Å². The fraction of sp³-hybridized carbons (Fsp3) is 0.0952. The van der Waals surface area contributed by atoms with Gasteiger partial charge in [0.25, 0.3) is 10.0 Å². The monoisotopic (exact) mass is 430 g/mol. The standard InChI is InChI=1S/C21H19ClN2O4S/c1-27-21-11-10-16(12-17(21)15-28-19-7-5-6-18(22)13-19)14-23-24-29(25,26)20-8-3-2-4-9-20/h2-14,24H,15H2,1H3. The largest absolute Gasteiger partial charge is 0.496 e. The van der Waals surface area contributed by atoms with Crippen LogP contribution in [0.5, 0.6) is 11.5 Å². The maximum atomic E-state index is 12.2. The normalized spacial score (nSPS) is 11.4. The van der Waals surface area contributed by atoms with Gasteiger partial charge in [0.2, 0.25) is 0 Å². The Balaban J connectivity index is 1.71. The molecule has 3 aromatic rings. The van der Waals surface area contributed by atoms with E-state index in [0.29, 0.717) is 22.1 Å². The molecular formula is C21H19ClN2O4S. The molecule has 0 saturated heterocycles. The predicted octanol–water partition coefficient (Wildman–Crippen LogP) is 4.24. The summed E-state index contributed by atoms with van der Waals surface area (Å²) in [6.07, 6.45) is 1.42. The van der Waals surface area contributed by atoms with Crippen molar-refractivity contribution in [2.45, 2.75) is 11.5 Å². The second kappa shape index (κ2) is 9.45. The van der Waals surface area contributed by atoms with Gasteiger partial charge in [-0.1, -0.05) is 35.9 Å². The summed E-state index contributed by atoms with van der Waals surface area (Å²) < 4.78 is 35.5. The van der Waals surface area contributed by atoms with Gasteiger partial charge in [0.15, 0.2) is 0 Å². The lowest BCUT2D eigenvalue weighted by molar-refractivity contribution is 0.296. The van der Waals surface area contributed by atoms with Gasteiger partial charge in [0, 0.05) is 10.6 Å². The Kier molecular flexibility index (Phi) is 6.74. The highest BCUT2D eigenvalue weighted by Crippen LogP contribution is 2.23. The Labute approximate surface area is 174 Å². The number of methoxy groups -OCH3 is 1. The summed E-state index contributed by atoms with van der Waals surface area (Å²) in [6, 6.07) is 20.5. The van der Waals surface area contributed by atoms with Crippen LogP contribution < -0.4 is 14.3 Å². The predicted molar refractivity (Wildman–Crippen MR) is 113 cm³/mol. The van der Waals surface area contributed by atoms with Crippen LogP contribution in [0.1, 0.15) is 11.1 Å². The lowest BCUT2D eigenvalue weighted by Crippen LogP contribution is -2.18. The number of nitrogens with zero attached hydrogens (tertiary/aromatic N) is 1. The van der Waals surface area contributed by atoms with E-state index in [-0.39, 0.29) is 11.5 Å². The number of nitrogens with one attached hydrogen (secondary N) is 1. The van der Waals surface area contributed by atoms with Crippen LogP contribution in [0.15, 0.2) is 82.8 Å². The summed E-state index contributed by atoms with van der Waals surface area (Å²) in [5, 5.41) is 4.44. The van der Waals surface area contributed by atoms with Crippen molar-refractivity contribution in [3.8, 4) is 11.5 Å². The maximum absolute atomic E-state index is 12.2. The van der Waals surface area contributed by atoms with Gasteiger partial charge in [-0.05, 0) is 54.1 Å². The van der Waals surface area contributed by atoms with Crippen molar-refractivity contribution in [3.05, 3.63) is 88.9 Å². The summed E-state index contributed by atoms with van der Waals surface area (Å²) in [5.41, 5.74) is 1.47. The summed E-state index contributed by atoms with van der Waals surface area (Å²) >= 11 is 5.97. The number of halogens is 1. The van der Waals surface area contributed by atoms with Crippen molar-refractivity contribution in [3.63, 3.8) is 0 Å². The molecule has 0 heterocycles. The van der Waals surface area contributed by atoms with Gasteiger partial charge in [-0.15, -0.1) is 0 Å². The third-order valence-corrected chi connectivity index (χ3v) is 5.41. The number of ether oxygens (including phenoxy) is 2. The number of hydrogen-bond donors (Lipinski definition) is 1. The molecule has 0 atom stereocenters. The number of sulfonamides is 1. The van der Waals surface area contributed by atoms with Crippen LogP contribution in [0.25, 0.3) is 0 Å². The van der Waals surface area contributed by atoms with Crippen LogP contribution in [0.3, 0.4) is 0 Å². The molecule has 150 valence electrons. The van der Waals surface area contributed by atoms with Crippen molar-refractivity contribution in [2.75, 3.05) is 7.11 Å². The van der Waals surface area contributed by atoms with Gasteiger partial charge < -0.3 is 9.47 Å². The summed E-state index contributed by atoms with van der Waals surface area (Å²) in [7, 11) is -2.14.